The van der Waals surface area contributed by atoms with Crippen LogP contribution in [-0.4, -0.2) is 13.4 Å². The molecule has 0 spiro atoms. The molecule has 94 valence electrons. The van der Waals surface area contributed by atoms with Gasteiger partial charge in [0, 0.05) is 12.1 Å². The second-order valence-corrected chi connectivity index (χ2v) is 3.26. The molecule has 0 saturated heterocycles. The van der Waals surface area contributed by atoms with Gasteiger partial charge in [-0.15, -0.1) is 0 Å². The quantitative estimate of drug-likeness (QED) is 0.446. The first-order chi connectivity index (χ1) is 7.72. The third-order valence-electron chi connectivity index (χ3n) is 1.32. The predicted molar refractivity (Wildman–Crippen MR) is 57.1 cm³/mol. The van der Waals surface area contributed by atoms with Gasteiger partial charge in [-0.3, -0.25) is 0 Å². The van der Waals surface area contributed by atoms with Crippen molar-refractivity contribution in [2.24, 2.45) is 0 Å². The van der Waals surface area contributed by atoms with E-state index in [1.165, 1.54) is 0 Å². The molecule has 0 heterocycles. The lowest BCUT2D eigenvalue weighted by Gasteiger charge is -2.07. The fourth-order valence-electron chi connectivity index (χ4n) is 0.864. The average Bonchev–Trinajstić information content (AvgIpc) is 2.15. The molecular weight excluding hydrogens is 239 g/mol. The Labute approximate surface area is 96.1 Å². The van der Waals surface area contributed by atoms with Crippen molar-refractivity contribution in [2.75, 3.05) is 0 Å². The van der Waals surface area contributed by atoms with Crippen molar-refractivity contribution in [3.8, 4) is 5.75 Å². The number of hydrogen-bond donors (Lipinski definition) is 0. The van der Waals surface area contributed by atoms with Crippen LogP contribution in [0.3, 0.4) is 0 Å². The lowest BCUT2D eigenvalue weighted by molar-refractivity contribution is 0.242. The van der Waals surface area contributed by atoms with Crippen molar-refractivity contribution in [3.63, 3.8) is 0 Å². The molecule has 0 radical (unpaired) electrons. The van der Waals surface area contributed by atoms with Gasteiger partial charge < -0.3 is 22.0 Å². The molecule has 0 fully saturated rings. The van der Waals surface area contributed by atoms with Crippen molar-refractivity contribution in [3.05, 3.63) is 29.2 Å². The van der Waals surface area contributed by atoms with Crippen LogP contribution in [0.25, 0.3) is 4.98 Å². The fraction of sp³-hybridized carbons (Fsp3) is 0.333. The summed E-state index contributed by atoms with van der Waals surface area (Å²) in [7, 11) is -6.00. The van der Waals surface area contributed by atoms with Gasteiger partial charge in [0.25, 0.3) is 0 Å². The summed E-state index contributed by atoms with van der Waals surface area (Å²) in [5.41, 5.74) is 0.533. The zero-order valence-electron chi connectivity index (χ0n) is 9.28. The minimum absolute atomic E-state index is 0.168. The van der Waals surface area contributed by atoms with E-state index in [-0.39, 0.29) is 6.10 Å². The maximum Gasteiger partial charge on any atom is 0.673 e. The number of benzene rings is 1. The van der Waals surface area contributed by atoms with E-state index in [4.69, 9.17) is 10.1 Å². The fourth-order valence-corrected chi connectivity index (χ4v) is 0.864. The van der Waals surface area contributed by atoms with Gasteiger partial charge in [-0.25, -0.2) is 0 Å². The first kappa shape index (κ1) is 15.2. The molecular formula is C9H11BF4N2O. The van der Waals surface area contributed by atoms with E-state index in [2.05, 4.69) is 4.98 Å². The number of hydrogen-bond acceptors (Lipinski definition) is 2. The van der Waals surface area contributed by atoms with Gasteiger partial charge >= 0.3 is 12.9 Å². The smallest absolute Gasteiger partial charge is 0.491 e. The summed E-state index contributed by atoms with van der Waals surface area (Å²) in [6.07, 6.45) is 0.168. The molecule has 3 nitrogen and oxygen atoms in total. The van der Waals surface area contributed by atoms with E-state index in [1.54, 1.807) is 24.3 Å². The summed E-state index contributed by atoms with van der Waals surface area (Å²) in [5, 5.41) is 8.39. The molecule has 0 N–H and O–H groups in total. The first-order valence-electron chi connectivity index (χ1n) is 4.71. The Hall–Kier alpha value is -1.78. The Morgan fingerprint density at radius 3 is 1.82 bits per heavy atom. The SMILES string of the molecule is CC(C)Oc1ccc([N+]#N)cc1.F[B-](F)(F)F. The zero-order chi connectivity index (χ0) is 13.5. The monoisotopic (exact) mass is 250 g/mol. The van der Waals surface area contributed by atoms with Gasteiger partial charge in [0.2, 0.25) is 5.39 Å². The Bertz CT molecular complexity index is 366. The molecule has 1 aromatic carbocycles. The molecule has 0 unspecified atom stereocenters. The number of diazo groups is 1. The second kappa shape index (κ2) is 6.73. The van der Waals surface area contributed by atoms with E-state index in [0.29, 0.717) is 5.69 Å². The van der Waals surface area contributed by atoms with Crippen LogP contribution in [0.5, 0.6) is 5.75 Å². The average molecular weight is 250 g/mol. The van der Waals surface area contributed by atoms with Crippen molar-refractivity contribution >= 4 is 12.9 Å². The molecule has 1 rings (SSSR count). The van der Waals surface area contributed by atoms with Crippen LogP contribution in [0, 0.1) is 5.39 Å². The van der Waals surface area contributed by atoms with E-state index >= 15 is 0 Å². The minimum Gasteiger partial charge on any atom is -0.491 e. The molecule has 8 heteroatoms. The molecule has 0 bridgehead atoms. The Morgan fingerprint density at radius 2 is 1.53 bits per heavy atom. The van der Waals surface area contributed by atoms with E-state index in [1.807, 2.05) is 13.8 Å². The van der Waals surface area contributed by atoms with Gasteiger partial charge in [0.15, 0.2) is 4.98 Å². The third-order valence-corrected chi connectivity index (χ3v) is 1.32. The van der Waals surface area contributed by atoms with Crippen LogP contribution in [0.15, 0.2) is 24.3 Å². The van der Waals surface area contributed by atoms with Crippen LogP contribution in [0.2, 0.25) is 0 Å². The highest BCUT2D eigenvalue weighted by Crippen LogP contribution is 2.18. The molecule has 0 amide bonds. The Kier molecular flexibility index (Phi) is 6.03. The van der Waals surface area contributed by atoms with E-state index in [9.17, 15) is 17.3 Å². The largest absolute Gasteiger partial charge is 0.673 e. The topological polar surface area (TPSA) is 37.4 Å². The van der Waals surface area contributed by atoms with Crippen molar-refractivity contribution in [2.45, 2.75) is 20.0 Å². The molecule has 0 aliphatic rings. The molecule has 0 saturated carbocycles. The maximum absolute atomic E-state index is 9.75. The van der Waals surface area contributed by atoms with Crippen molar-refractivity contribution in [1.29, 1.82) is 5.39 Å². The molecule has 1 aromatic rings. The summed E-state index contributed by atoms with van der Waals surface area (Å²) >= 11 is 0. The van der Waals surface area contributed by atoms with E-state index in [0.717, 1.165) is 5.75 Å². The van der Waals surface area contributed by atoms with Crippen LogP contribution in [-0.2, 0) is 0 Å². The lowest BCUT2D eigenvalue weighted by atomic mass is 10.3. The molecule has 0 aliphatic carbocycles. The highest BCUT2D eigenvalue weighted by molar-refractivity contribution is 6.50. The van der Waals surface area contributed by atoms with Crippen LogP contribution in [0.1, 0.15) is 13.8 Å². The predicted octanol–water partition coefficient (Wildman–Crippen LogP) is 4.26. The van der Waals surface area contributed by atoms with Crippen molar-refractivity contribution < 1.29 is 22.0 Å². The summed E-state index contributed by atoms with van der Waals surface area (Å²) in [4.78, 5) is 3.04. The van der Waals surface area contributed by atoms with Gasteiger partial charge in [-0.05, 0) is 26.0 Å². The minimum atomic E-state index is -6.00. The van der Waals surface area contributed by atoms with Crippen LogP contribution < -0.4 is 4.74 Å². The molecule has 0 aromatic heterocycles. The molecule has 17 heavy (non-hydrogen) atoms. The zero-order valence-corrected chi connectivity index (χ0v) is 9.28. The van der Waals surface area contributed by atoms with Crippen LogP contribution >= 0.6 is 0 Å². The van der Waals surface area contributed by atoms with Gasteiger partial charge in [0.1, 0.15) is 5.75 Å². The van der Waals surface area contributed by atoms with Crippen LogP contribution in [0.4, 0.5) is 23.0 Å². The number of nitrogens with zero attached hydrogens (tertiary/aromatic N) is 2. The second-order valence-electron chi connectivity index (χ2n) is 3.26. The summed E-state index contributed by atoms with van der Waals surface area (Å²) in [6, 6.07) is 6.93. The number of ether oxygens (including phenoxy) is 1. The Morgan fingerprint density at radius 1 is 1.12 bits per heavy atom. The van der Waals surface area contributed by atoms with Gasteiger partial charge in [-0.2, -0.15) is 0 Å². The molecule has 0 atom stereocenters. The third kappa shape index (κ3) is 10.5. The summed E-state index contributed by atoms with van der Waals surface area (Å²) in [5.74, 6) is 0.789. The summed E-state index contributed by atoms with van der Waals surface area (Å²) < 4.78 is 44.4. The van der Waals surface area contributed by atoms with E-state index < -0.39 is 7.25 Å². The molecule has 0 aliphatic heterocycles. The van der Waals surface area contributed by atoms with Gasteiger partial charge in [0.05, 0.1) is 6.10 Å². The van der Waals surface area contributed by atoms with Crippen molar-refractivity contribution in [1.82, 2.24) is 0 Å². The lowest BCUT2D eigenvalue weighted by Crippen LogP contribution is -2.04. The summed E-state index contributed by atoms with van der Waals surface area (Å²) in [6.45, 7) is 3.93. The van der Waals surface area contributed by atoms with Gasteiger partial charge in [-0.1, -0.05) is 0 Å². The highest BCUT2D eigenvalue weighted by atomic mass is 19.5. The number of halogens is 4. The number of rotatable bonds is 2. The Balaban J connectivity index is 0.000000437. The maximum atomic E-state index is 9.75. The normalized spacial score (nSPS) is 10.2. The highest BCUT2D eigenvalue weighted by Gasteiger charge is 2.20. The first-order valence-corrected chi connectivity index (χ1v) is 4.71. The standard InChI is InChI=1S/C9H11N2O.BF4/c1-7(2)12-9-5-3-8(11-10)4-6-9;2-1(3,4)5/h3-7H,1-2H3;/q+1;-1.